The van der Waals surface area contributed by atoms with Crippen LogP contribution in [0.2, 0.25) is 0 Å². The van der Waals surface area contributed by atoms with Gasteiger partial charge in [0.25, 0.3) is 0 Å². The van der Waals surface area contributed by atoms with Crippen molar-refractivity contribution in [2.24, 2.45) is 0 Å². The van der Waals surface area contributed by atoms with Crippen molar-refractivity contribution in [3.05, 3.63) is 46.4 Å². The first kappa shape index (κ1) is 12.6. The second kappa shape index (κ2) is 5.72. The van der Waals surface area contributed by atoms with E-state index >= 15 is 0 Å². The number of aryl methyl sites for hydroxylation is 1. The van der Waals surface area contributed by atoms with Gasteiger partial charge in [0, 0.05) is 43.8 Å². The van der Waals surface area contributed by atoms with Gasteiger partial charge in [-0.3, -0.25) is 4.90 Å². The Morgan fingerprint density at radius 3 is 2.63 bits per heavy atom. The number of anilines is 1. The van der Waals surface area contributed by atoms with E-state index in [1.165, 1.54) is 16.9 Å². The van der Waals surface area contributed by atoms with E-state index in [2.05, 4.69) is 51.4 Å². The molecule has 0 spiro atoms. The van der Waals surface area contributed by atoms with Crippen LogP contribution in [0.4, 0.5) is 5.69 Å². The van der Waals surface area contributed by atoms with Gasteiger partial charge in [0.15, 0.2) is 0 Å². The molecular weight excluding hydrogens is 254 g/mol. The molecule has 0 bridgehead atoms. The predicted octanol–water partition coefficient (Wildman–Crippen LogP) is 2.77. The second-order valence-corrected chi connectivity index (χ2v) is 5.75. The zero-order valence-corrected chi connectivity index (χ0v) is 12.1. The molecule has 0 aliphatic carbocycles. The van der Waals surface area contributed by atoms with Crippen LogP contribution in [0.15, 0.2) is 35.2 Å². The molecule has 1 fully saturated rings. The van der Waals surface area contributed by atoms with Crippen molar-refractivity contribution < 1.29 is 0 Å². The third-order valence-electron chi connectivity index (χ3n) is 3.70. The van der Waals surface area contributed by atoms with Crippen molar-refractivity contribution in [1.82, 2.24) is 9.88 Å². The average molecular weight is 273 g/mol. The van der Waals surface area contributed by atoms with Crippen LogP contribution in [0, 0.1) is 6.92 Å². The van der Waals surface area contributed by atoms with Crippen LogP contribution < -0.4 is 4.90 Å². The number of thiazole rings is 1. The summed E-state index contributed by atoms with van der Waals surface area (Å²) in [5.74, 6) is 0. The summed E-state index contributed by atoms with van der Waals surface area (Å²) in [7, 11) is 0. The zero-order valence-electron chi connectivity index (χ0n) is 11.2. The van der Waals surface area contributed by atoms with Gasteiger partial charge in [-0.2, -0.15) is 0 Å². The maximum atomic E-state index is 4.36. The summed E-state index contributed by atoms with van der Waals surface area (Å²) in [6.07, 6.45) is 0. The zero-order chi connectivity index (χ0) is 13.1. The van der Waals surface area contributed by atoms with Gasteiger partial charge in [-0.15, -0.1) is 11.3 Å². The number of aromatic nitrogens is 1. The first-order valence-corrected chi connectivity index (χ1v) is 7.67. The molecule has 2 heterocycles. The van der Waals surface area contributed by atoms with Gasteiger partial charge in [0.05, 0.1) is 11.2 Å². The van der Waals surface area contributed by atoms with Crippen LogP contribution >= 0.6 is 11.3 Å². The van der Waals surface area contributed by atoms with Crippen LogP contribution in [0.1, 0.15) is 11.3 Å². The fraction of sp³-hybridized carbons (Fsp3) is 0.400. The van der Waals surface area contributed by atoms with Crippen molar-refractivity contribution in [2.45, 2.75) is 13.5 Å². The Hall–Kier alpha value is -1.39. The first-order valence-electron chi connectivity index (χ1n) is 6.73. The number of nitrogens with zero attached hydrogens (tertiary/aromatic N) is 3. The van der Waals surface area contributed by atoms with Gasteiger partial charge in [0.1, 0.15) is 0 Å². The van der Waals surface area contributed by atoms with Gasteiger partial charge in [-0.1, -0.05) is 18.2 Å². The minimum atomic E-state index is 0.991. The molecule has 3 rings (SSSR count). The lowest BCUT2D eigenvalue weighted by atomic mass is 10.1. The van der Waals surface area contributed by atoms with Crippen LogP contribution in [-0.2, 0) is 6.54 Å². The fourth-order valence-electron chi connectivity index (χ4n) is 2.61. The first-order chi connectivity index (χ1) is 9.33. The second-order valence-electron chi connectivity index (χ2n) is 5.03. The molecule has 2 aromatic rings. The van der Waals surface area contributed by atoms with Gasteiger partial charge in [-0.25, -0.2) is 4.98 Å². The van der Waals surface area contributed by atoms with Crippen molar-refractivity contribution in [3.63, 3.8) is 0 Å². The summed E-state index contributed by atoms with van der Waals surface area (Å²) in [6, 6.07) is 8.66. The molecule has 1 aliphatic heterocycles. The number of piperazine rings is 1. The molecule has 0 radical (unpaired) electrons. The number of para-hydroxylation sites is 1. The standard InChI is InChI=1S/C15H19N3S/c1-13-4-2-3-5-15(13)18-8-6-17(7-9-18)10-14-11-19-12-16-14/h2-5,11-12H,6-10H2,1H3. The van der Waals surface area contributed by atoms with Gasteiger partial charge < -0.3 is 4.90 Å². The molecule has 1 saturated heterocycles. The van der Waals surface area contributed by atoms with E-state index in [4.69, 9.17) is 0 Å². The maximum Gasteiger partial charge on any atom is 0.0795 e. The molecule has 0 unspecified atom stereocenters. The molecule has 0 saturated carbocycles. The molecule has 100 valence electrons. The Morgan fingerprint density at radius 2 is 1.95 bits per heavy atom. The highest BCUT2D eigenvalue weighted by atomic mass is 32.1. The lowest BCUT2D eigenvalue weighted by Gasteiger charge is -2.36. The lowest BCUT2D eigenvalue weighted by molar-refractivity contribution is 0.247. The molecule has 0 amide bonds. The molecule has 1 aromatic carbocycles. The van der Waals surface area contributed by atoms with Gasteiger partial charge in [-0.05, 0) is 18.6 Å². The minimum Gasteiger partial charge on any atom is -0.369 e. The summed E-state index contributed by atoms with van der Waals surface area (Å²) in [5.41, 5.74) is 5.87. The minimum absolute atomic E-state index is 0.991. The summed E-state index contributed by atoms with van der Waals surface area (Å²) in [5, 5.41) is 2.15. The topological polar surface area (TPSA) is 19.4 Å². The van der Waals surface area contributed by atoms with Gasteiger partial charge >= 0.3 is 0 Å². The van der Waals surface area contributed by atoms with Crippen molar-refractivity contribution >= 4 is 17.0 Å². The molecule has 19 heavy (non-hydrogen) atoms. The highest BCUT2D eigenvalue weighted by Gasteiger charge is 2.18. The predicted molar refractivity (Wildman–Crippen MR) is 80.8 cm³/mol. The molecule has 0 atom stereocenters. The maximum absolute atomic E-state index is 4.36. The Bertz CT molecular complexity index is 516. The number of hydrogen-bond acceptors (Lipinski definition) is 4. The highest BCUT2D eigenvalue weighted by Crippen LogP contribution is 2.21. The van der Waals surface area contributed by atoms with Crippen LogP contribution in [0.5, 0.6) is 0 Å². The lowest BCUT2D eigenvalue weighted by Crippen LogP contribution is -2.46. The summed E-state index contributed by atoms with van der Waals surface area (Å²) < 4.78 is 0. The average Bonchev–Trinajstić information content (AvgIpc) is 2.93. The van der Waals surface area contributed by atoms with E-state index in [9.17, 15) is 0 Å². The smallest absolute Gasteiger partial charge is 0.0795 e. The summed E-state index contributed by atoms with van der Waals surface area (Å²) in [6.45, 7) is 7.63. The largest absolute Gasteiger partial charge is 0.369 e. The van der Waals surface area contributed by atoms with Gasteiger partial charge in [0.2, 0.25) is 0 Å². The van der Waals surface area contributed by atoms with E-state index in [1.54, 1.807) is 11.3 Å². The normalized spacial score (nSPS) is 16.8. The van der Waals surface area contributed by atoms with Crippen molar-refractivity contribution in [1.29, 1.82) is 0 Å². The van der Waals surface area contributed by atoms with E-state index in [0.717, 1.165) is 32.7 Å². The Morgan fingerprint density at radius 1 is 1.16 bits per heavy atom. The number of rotatable bonds is 3. The summed E-state index contributed by atoms with van der Waals surface area (Å²) >= 11 is 1.68. The third-order valence-corrected chi connectivity index (χ3v) is 4.33. The number of benzene rings is 1. The molecule has 3 nitrogen and oxygen atoms in total. The Labute approximate surface area is 118 Å². The van der Waals surface area contributed by atoms with Crippen LogP contribution in [-0.4, -0.2) is 36.1 Å². The van der Waals surface area contributed by atoms with Crippen LogP contribution in [0.25, 0.3) is 0 Å². The third kappa shape index (κ3) is 2.96. The molecule has 4 heteroatoms. The molecule has 1 aromatic heterocycles. The SMILES string of the molecule is Cc1ccccc1N1CCN(Cc2cscn2)CC1. The van der Waals surface area contributed by atoms with E-state index in [-0.39, 0.29) is 0 Å². The Balaban J connectivity index is 1.59. The molecule has 1 aliphatic rings. The highest BCUT2D eigenvalue weighted by molar-refractivity contribution is 7.07. The van der Waals surface area contributed by atoms with E-state index in [0.29, 0.717) is 0 Å². The monoisotopic (exact) mass is 273 g/mol. The van der Waals surface area contributed by atoms with E-state index in [1.807, 2.05) is 5.51 Å². The fourth-order valence-corrected chi connectivity index (χ4v) is 3.16. The van der Waals surface area contributed by atoms with E-state index < -0.39 is 0 Å². The molecule has 0 N–H and O–H groups in total. The Kier molecular flexibility index (Phi) is 3.80. The quantitative estimate of drug-likeness (QED) is 0.857. The summed E-state index contributed by atoms with van der Waals surface area (Å²) in [4.78, 5) is 9.35. The molecular formula is C15H19N3S. The van der Waals surface area contributed by atoms with Crippen molar-refractivity contribution in [3.8, 4) is 0 Å². The van der Waals surface area contributed by atoms with Crippen molar-refractivity contribution in [2.75, 3.05) is 31.1 Å². The van der Waals surface area contributed by atoms with Crippen LogP contribution in [0.3, 0.4) is 0 Å². The number of hydrogen-bond donors (Lipinski definition) is 0.